The number of hydrogen-bond acceptors (Lipinski definition) is 3. The third-order valence-corrected chi connectivity index (χ3v) is 3.97. The molecule has 6 heteroatoms. The van der Waals surface area contributed by atoms with Crippen LogP contribution in [0.2, 0.25) is 5.02 Å². The highest BCUT2D eigenvalue weighted by atomic mass is 35.5. The number of aliphatic carboxylic acids is 1. The summed E-state index contributed by atoms with van der Waals surface area (Å²) >= 11 is 5.91. The standard InChI is InChI=1S/C15H19ClN2O3/c1-15(17-9-14(20)21)5-6-18(10-15)13(19)8-11-3-2-4-12(16)7-11/h2-4,7,17H,5-6,8-10H2,1H3,(H,20,21)/t15-/m1/s1. The summed E-state index contributed by atoms with van der Waals surface area (Å²) in [4.78, 5) is 24.7. The van der Waals surface area contributed by atoms with E-state index in [1.165, 1.54) is 0 Å². The molecule has 0 saturated carbocycles. The molecule has 2 rings (SSSR count). The van der Waals surface area contributed by atoms with Gasteiger partial charge in [-0.25, -0.2) is 0 Å². The van der Waals surface area contributed by atoms with Crippen LogP contribution in [0.1, 0.15) is 18.9 Å². The van der Waals surface area contributed by atoms with Crippen LogP contribution in [0.3, 0.4) is 0 Å². The Morgan fingerprint density at radius 1 is 1.48 bits per heavy atom. The Hall–Kier alpha value is -1.59. The van der Waals surface area contributed by atoms with Gasteiger partial charge in [-0.05, 0) is 31.0 Å². The molecule has 0 bridgehead atoms. The molecule has 0 unspecified atom stereocenters. The van der Waals surface area contributed by atoms with Gasteiger partial charge in [0.25, 0.3) is 0 Å². The van der Waals surface area contributed by atoms with Crippen LogP contribution in [0.25, 0.3) is 0 Å². The van der Waals surface area contributed by atoms with Crippen molar-refractivity contribution in [1.82, 2.24) is 10.2 Å². The van der Waals surface area contributed by atoms with Gasteiger partial charge < -0.3 is 10.0 Å². The summed E-state index contributed by atoms with van der Waals surface area (Å²) in [5.74, 6) is -0.849. The van der Waals surface area contributed by atoms with E-state index in [1.807, 2.05) is 19.1 Å². The molecule has 1 heterocycles. The second kappa shape index (κ2) is 6.45. The first-order valence-corrected chi connectivity index (χ1v) is 7.25. The Morgan fingerprint density at radius 3 is 2.90 bits per heavy atom. The van der Waals surface area contributed by atoms with Gasteiger partial charge in [-0.2, -0.15) is 0 Å². The number of halogens is 1. The molecule has 0 spiro atoms. The number of carboxylic acids is 1. The highest BCUT2D eigenvalue weighted by molar-refractivity contribution is 6.30. The van der Waals surface area contributed by atoms with Crippen molar-refractivity contribution in [1.29, 1.82) is 0 Å². The molecule has 5 nitrogen and oxygen atoms in total. The predicted octanol–water partition coefficient (Wildman–Crippen LogP) is 1.55. The molecule has 114 valence electrons. The maximum atomic E-state index is 12.3. The van der Waals surface area contributed by atoms with Crippen LogP contribution < -0.4 is 5.32 Å². The fourth-order valence-corrected chi connectivity index (χ4v) is 2.75. The number of nitrogens with one attached hydrogen (secondary N) is 1. The maximum Gasteiger partial charge on any atom is 0.317 e. The summed E-state index contributed by atoms with van der Waals surface area (Å²) < 4.78 is 0. The van der Waals surface area contributed by atoms with Gasteiger partial charge in [-0.1, -0.05) is 23.7 Å². The largest absolute Gasteiger partial charge is 0.480 e. The Morgan fingerprint density at radius 2 is 2.24 bits per heavy atom. The second-order valence-electron chi connectivity index (χ2n) is 5.68. The number of carbonyl (C=O) groups excluding carboxylic acids is 1. The molecule has 0 aliphatic carbocycles. The van der Waals surface area contributed by atoms with Crippen LogP contribution in [-0.2, 0) is 16.0 Å². The quantitative estimate of drug-likeness (QED) is 0.865. The summed E-state index contributed by atoms with van der Waals surface area (Å²) in [5.41, 5.74) is 0.558. The number of hydrogen-bond donors (Lipinski definition) is 2. The van der Waals surface area contributed by atoms with Crippen molar-refractivity contribution < 1.29 is 14.7 Å². The van der Waals surface area contributed by atoms with Gasteiger partial charge in [-0.15, -0.1) is 0 Å². The zero-order valence-electron chi connectivity index (χ0n) is 11.9. The smallest absolute Gasteiger partial charge is 0.317 e. The number of benzene rings is 1. The van der Waals surface area contributed by atoms with Crippen molar-refractivity contribution in [2.75, 3.05) is 19.6 Å². The third kappa shape index (κ3) is 4.44. The summed E-state index contributed by atoms with van der Waals surface area (Å²) in [6.07, 6.45) is 1.07. The molecule has 1 aromatic carbocycles. The van der Waals surface area contributed by atoms with E-state index in [0.29, 0.717) is 24.5 Å². The minimum Gasteiger partial charge on any atom is -0.480 e. The topological polar surface area (TPSA) is 69.6 Å². The number of amides is 1. The second-order valence-corrected chi connectivity index (χ2v) is 6.12. The first-order chi connectivity index (χ1) is 9.88. The Labute approximate surface area is 128 Å². The molecule has 1 aliphatic heterocycles. The Kier molecular flexibility index (Phi) is 4.85. The van der Waals surface area contributed by atoms with E-state index >= 15 is 0 Å². The molecule has 1 fully saturated rings. The van der Waals surface area contributed by atoms with Crippen molar-refractivity contribution in [3.63, 3.8) is 0 Å². The number of likely N-dealkylation sites (tertiary alicyclic amines) is 1. The van der Waals surface area contributed by atoms with Gasteiger partial charge in [0, 0.05) is 23.7 Å². The van der Waals surface area contributed by atoms with Gasteiger partial charge in [0.15, 0.2) is 0 Å². The number of rotatable bonds is 5. The van der Waals surface area contributed by atoms with Gasteiger partial charge in [0.2, 0.25) is 5.91 Å². The lowest BCUT2D eigenvalue weighted by Gasteiger charge is -2.25. The molecular weight excluding hydrogens is 292 g/mol. The lowest BCUT2D eigenvalue weighted by atomic mass is 10.0. The molecule has 21 heavy (non-hydrogen) atoms. The van der Waals surface area contributed by atoms with Crippen molar-refractivity contribution >= 4 is 23.5 Å². The predicted molar refractivity (Wildman–Crippen MR) is 80.4 cm³/mol. The van der Waals surface area contributed by atoms with E-state index in [2.05, 4.69) is 5.32 Å². The minimum absolute atomic E-state index is 0.0399. The van der Waals surface area contributed by atoms with E-state index in [9.17, 15) is 9.59 Å². The molecule has 1 saturated heterocycles. The van der Waals surface area contributed by atoms with E-state index in [4.69, 9.17) is 16.7 Å². The number of carboxylic acid groups (broad SMARTS) is 1. The van der Waals surface area contributed by atoms with Crippen molar-refractivity contribution in [2.45, 2.75) is 25.3 Å². The van der Waals surface area contributed by atoms with Crippen molar-refractivity contribution in [3.05, 3.63) is 34.9 Å². The fourth-order valence-electron chi connectivity index (χ4n) is 2.54. The van der Waals surface area contributed by atoms with E-state index in [-0.39, 0.29) is 18.0 Å². The third-order valence-electron chi connectivity index (χ3n) is 3.74. The molecule has 1 amide bonds. The Balaban J connectivity index is 1.91. The molecule has 0 aromatic heterocycles. The zero-order chi connectivity index (χ0) is 15.5. The summed E-state index contributed by atoms with van der Waals surface area (Å²) in [6.45, 7) is 3.03. The molecule has 1 aliphatic rings. The van der Waals surface area contributed by atoms with Crippen LogP contribution in [0.15, 0.2) is 24.3 Å². The van der Waals surface area contributed by atoms with Gasteiger partial charge >= 0.3 is 5.97 Å². The van der Waals surface area contributed by atoms with Gasteiger partial charge in [-0.3, -0.25) is 14.9 Å². The van der Waals surface area contributed by atoms with Crippen LogP contribution in [0, 0.1) is 0 Å². The highest BCUT2D eigenvalue weighted by Gasteiger charge is 2.35. The number of carbonyl (C=O) groups is 2. The monoisotopic (exact) mass is 310 g/mol. The van der Waals surface area contributed by atoms with Crippen LogP contribution in [0.4, 0.5) is 0 Å². The molecule has 1 aromatic rings. The lowest BCUT2D eigenvalue weighted by Crippen LogP contribution is -2.47. The van der Waals surface area contributed by atoms with Crippen LogP contribution in [-0.4, -0.2) is 47.1 Å². The van der Waals surface area contributed by atoms with Gasteiger partial charge in [0.05, 0.1) is 13.0 Å². The fraction of sp³-hybridized carbons (Fsp3) is 0.467. The lowest BCUT2D eigenvalue weighted by molar-refractivity contribution is -0.136. The van der Waals surface area contributed by atoms with Crippen LogP contribution >= 0.6 is 11.6 Å². The van der Waals surface area contributed by atoms with Crippen molar-refractivity contribution in [2.24, 2.45) is 0 Å². The zero-order valence-corrected chi connectivity index (χ0v) is 12.7. The van der Waals surface area contributed by atoms with E-state index < -0.39 is 5.97 Å². The van der Waals surface area contributed by atoms with E-state index in [1.54, 1.807) is 17.0 Å². The number of nitrogens with zero attached hydrogens (tertiary/aromatic N) is 1. The maximum absolute atomic E-state index is 12.3. The molecule has 1 atom stereocenters. The normalized spacial score (nSPS) is 21.5. The van der Waals surface area contributed by atoms with Gasteiger partial charge in [0.1, 0.15) is 0 Å². The summed E-state index contributed by atoms with van der Waals surface area (Å²) in [7, 11) is 0. The van der Waals surface area contributed by atoms with E-state index in [0.717, 1.165) is 12.0 Å². The van der Waals surface area contributed by atoms with Crippen molar-refractivity contribution in [3.8, 4) is 0 Å². The average Bonchev–Trinajstić information content (AvgIpc) is 2.80. The van der Waals surface area contributed by atoms with Crippen LogP contribution in [0.5, 0.6) is 0 Å². The first-order valence-electron chi connectivity index (χ1n) is 6.87. The first kappa shape index (κ1) is 15.8. The average molecular weight is 311 g/mol. The molecular formula is C15H19ClN2O3. The minimum atomic E-state index is -0.889. The Bertz CT molecular complexity index is 549. The SMILES string of the molecule is C[C@@]1(NCC(=O)O)CCN(C(=O)Cc2cccc(Cl)c2)C1. The highest BCUT2D eigenvalue weighted by Crippen LogP contribution is 2.22. The molecule has 2 N–H and O–H groups in total. The molecule has 0 radical (unpaired) electrons. The summed E-state index contributed by atoms with van der Waals surface area (Å²) in [6, 6.07) is 7.27. The summed E-state index contributed by atoms with van der Waals surface area (Å²) in [5, 5.41) is 12.3.